The number of ether oxygens (including phenoxy) is 1. The fourth-order valence-corrected chi connectivity index (χ4v) is 17.5. The molecular weight excluding hydrogens is 774 g/mol. The van der Waals surface area contributed by atoms with Gasteiger partial charge in [-0.1, -0.05) is 0 Å². The number of amides is 2. The van der Waals surface area contributed by atoms with Crippen molar-refractivity contribution in [3.63, 3.8) is 0 Å². The van der Waals surface area contributed by atoms with Crippen LogP contribution in [0.3, 0.4) is 0 Å². The van der Waals surface area contributed by atoms with Crippen molar-refractivity contribution >= 4 is 71.7 Å². The average Bonchev–Trinajstić information content (AvgIpc) is 3.17. The summed E-state index contributed by atoms with van der Waals surface area (Å²) in [5.74, 6) is -0.673. The van der Waals surface area contributed by atoms with E-state index < -0.39 is 27.7 Å². The number of hydrogen-bond acceptors (Lipinski definition) is 5. The molecule has 0 spiro atoms. The summed E-state index contributed by atoms with van der Waals surface area (Å²) in [6.07, 6.45) is -0.189. The Kier molecular flexibility index (Phi) is 9.70. The number of hydrogen-bond donors (Lipinski definition) is 1. The summed E-state index contributed by atoms with van der Waals surface area (Å²) in [5.41, 5.74) is 2.77. The molecule has 0 bridgehead atoms. The maximum absolute atomic E-state index is 14.9. The SMILES string of the molecule is CC(=O)NC1C(=O)N2C(C(=O)OC(c3ccccc3)c3ccccc3)=C(CP(I)(c3ccccc3)(c3ccccc3)c3ccccc3)CS[C@H]12. The molecule has 2 amide bonds. The van der Waals surface area contributed by atoms with Crippen LogP contribution in [0.1, 0.15) is 24.2 Å². The Hall–Kier alpha value is -4.24. The predicted octanol–water partition coefficient (Wildman–Crippen LogP) is 6.87. The second-order valence-corrected chi connectivity index (χ2v) is 24.2. The Morgan fingerprint density at radius 2 is 1.18 bits per heavy atom. The molecule has 0 aliphatic carbocycles. The molecule has 2 atom stereocenters. The first-order valence-electron chi connectivity index (χ1n) is 16.4. The van der Waals surface area contributed by atoms with Crippen LogP contribution in [0.25, 0.3) is 0 Å². The van der Waals surface area contributed by atoms with Crippen molar-refractivity contribution in [2.45, 2.75) is 24.4 Å². The molecule has 0 aromatic heterocycles. The molecule has 50 heavy (non-hydrogen) atoms. The zero-order chi connectivity index (χ0) is 34.7. The van der Waals surface area contributed by atoms with Crippen molar-refractivity contribution in [2.75, 3.05) is 11.9 Å². The van der Waals surface area contributed by atoms with Gasteiger partial charge in [-0.3, -0.25) is 0 Å². The first-order valence-corrected chi connectivity index (χ1v) is 22.7. The number of thioether (sulfide) groups is 1. The van der Waals surface area contributed by atoms with E-state index in [0.29, 0.717) is 11.9 Å². The number of rotatable bonds is 10. The minimum absolute atomic E-state index is 0.269. The van der Waals surface area contributed by atoms with Gasteiger partial charge in [0.15, 0.2) is 0 Å². The number of fused-ring (bicyclic) bond motifs is 1. The van der Waals surface area contributed by atoms with Crippen LogP contribution in [0.2, 0.25) is 0 Å². The van der Waals surface area contributed by atoms with Gasteiger partial charge in [-0.15, -0.1) is 0 Å². The van der Waals surface area contributed by atoms with E-state index in [0.717, 1.165) is 16.7 Å². The molecule has 6 nitrogen and oxygen atoms in total. The summed E-state index contributed by atoms with van der Waals surface area (Å²) < 4.78 is 3.09. The van der Waals surface area contributed by atoms with Gasteiger partial charge in [-0.2, -0.15) is 0 Å². The third-order valence-corrected chi connectivity index (χ3v) is 21.9. The van der Waals surface area contributed by atoms with Crippen molar-refractivity contribution in [1.82, 2.24) is 10.2 Å². The molecule has 1 unspecified atom stereocenters. The average molecular weight is 811 g/mol. The van der Waals surface area contributed by atoms with E-state index in [-0.39, 0.29) is 17.5 Å². The third kappa shape index (κ3) is 6.08. The minimum atomic E-state index is -3.41. The summed E-state index contributed by atoms with van der Waals surface area (Å²) in [5, 5.41) is 5.89. The van der Waals surface area contributed by atoms with E-state index in [2.05, 4.69) is 100 Å². The number of carbonyl (C=O) groups is 3. The topological polar surface area (TPSA) is 75.7 Å². The van der Waals surface area contributed by atoms with E-state index in [1.165, 1.54) is 22.8 Å². The van der Waals surface area contributed by atoms with Crippen molar-refractivity contribution < 1.29 is 19.1 Å². The van der Waals surface area contributed by atoms with E-state index in [1.807, 2.05) is 78.9 Å². The molecule has 0 saturated carbocycles. The van der Waals surface area contributed by atoms with Gasteiger partial charge in [0.1, 0.15) is 0 Å². The van der Waals surface area contributed by atoms with Crippen LogP contribution in [0.15, 0.2) is 163 Å². The van der Waals surface area contributed by atoms with E-state index in [4.69, 9.17) is 4.74 Å². The van der Waals surface area contributed by atoms with Crippen LogP contribution in [0.5, 0.6) is 0 Å². The number of nitrogens with zero attached hydrogens (tertiary/aromatic N) is 1. The van der Waals surface area contributed by atoms with Crippen LogP contribution in [-0.4, -0.2) is 46.0 Å². The Balaban J connectivity index is 1.43. The van der Waals surface area contributed by atoms with Crippen LogP contribution in [-0.2, 0) is 19.1 Å². The van der Waals surface area contributed by atoms with Crippen LogP contribution in [0, 0.1) is 0 Å². The molecule has 1 saturated heterocycles. The second-order valence-electron chi connectivity index (χ2n) is 12.5. The molecule has 7 rings (SSSR count). The zero-order valence-electron chi connectivity index (χ0n) is 27.4. The summed E-state index contributed by atoms with van der Waals surface area (Å²) in [7, 11) is 0. The van der Waals surface area contributed by atoms with Gasteiger partial charge in [-0.25, -0.2) is 0 Å². The Morgan fingerprint density at radius 1 is 0.760 bits per heavy atom. The molecule has 1 fully saturated rings. The van der Waals surface area contributed by atoms with Gasteiger partial charge in [0.05, 0.1) is 0 Å². The summed E-state index contributed by atoms with van der Waals surface area (Å²) >= 11 is 4.29. The van der Waals surface area contributed by atoms with Gasteiger partial charge in [0, 0.05) is 0 Å². The summed E-state index contributed by atoms with van der Waals surface area (Å²) in [4.78, 5) is 42.5. The van der Waals surface area contributed by atoms with E-state index in [1.54, 1.807) is 16.7 Å². The van der Waals surface area contributed by atoms with Crippen molar-refractivity contribution in [3.05, 3.63) is 174 Å². The third-order valence-electron chi connectivity index (χ3n) is 9.40. The molecule has 5 aromatic rings. The number of halogens is 1. The van der Waals surface area contributed by atoms with Gasteiger partial charge >= 0.3 is 311 Å². The second kappa shape index (κ2) is 14.2. The number of benzene rings is 5. The molecule has 2 aliphatic rings. The summed E-state index contributed by atoms with van der Waals surface area (Å²) in [6, 6.07) is 50.2. The van der Waals surface area contributed by atoms with Crippen molar-refractivity contribution in [1.29, 1.82) is 0 Å². The Bertz CT molecular complexity index is 1910. The number of esters is 1. The molecule has 2 aliphatic heterocycles. The Labute approximate surface area is 309 Å². The van der Waals surface area contributed by atoms with Crippen LogP contribution >= 0.6 is 38.0 Å². The van der Waals surface area contributed by atoms with Crippen LogP contribution in [0.4, 0.5) is 0 Å². The zero-order valence-corrected chi connectivity index (χ0v) is 31.3. The first kappa shape index (κ1) is 34.2. The molecule has 9 heteroatoms. The molecular formula is C41H36IN2O4PS. The van der Waals surface area contributed by atoms with Crippen molar-refractivity contribution in [2.24, 2.45) is 0 Å². The number of β-lactam (4-membered cyclic amide) rings is 1. The molecule has 5 aromatic carbocycles. The maximum atomic E-state index is 14.9. The monoisotopic (exact) mass is 810 g/mol. The first-order chi connectivity index (χ1) is 24.3. The van der Waals surface area contributed by atoms with E-state index in [9.17, 15) is 14.4 Å². The quantitative estimate of drug-likeness (QED) is 0.0722. The molecule has 0 radical (unpaired) electrons. The normalized spacial score (nSPS) is 18.0. The standard InChI is InChI=1S/C41H36IN2O4PS/c1-29(45)43-36-39(46)44-37(41(47)48-38(30-17-7-2-8-18-30)31-19-9-3-10-20-31)32(28-50-40(36)44)27-49(42,33-21-11-4-12-22-33,34-23-13-5-14-24-34)35-25-15-6-16-26-35/h2-26,36,38,40H,27-28H2,1H3,(H,43,45)/t36?,40-/m1/s1. The molecule has 1 N–H and O–H groups in total. The van der Waals surface area contributed by atoms with Crippen molar-refractivity contribution in [3.8, 4) is 0 Å². The summed E-state index contributed by atoms with van der Waals surface area (Å²) in [6.45, 7) is 1.41. The van der Waals surface area contributed by atoms with Crippen LogP contribution < -0.4 is 21.2 Å². The number of nitrogens with one attached hydrogen (secondary N) is 1. The predicted molar refractivity (Wildman–Crippen MR) is 213 cm³/mol. The van der Waals surface area contributed by atoms with Gasteiger partial charge < -0.3 is 0 Å². The van der Waals surface area contributed by atoms with Gasteiger partial charge in [-0.05, 0) is 0 Å². The van der Waals surface area contributed by atoms with E-state index >= 15 is 0 Å². The molecule has 2 heterocycles. The van der Waals surface area contributed by atoms with Gasteiger partial charge in [0.25, 0.3) is 0 Å². The van der Waals surface area contributed by atoms with Gasteiger partial charge in [0.2, 0.25) is 0 Å². The number of carbonyl (C=O) groups excluding carboxylic acids is 3. The fourth-order valence-electron chi connectivity index (χ4n) is 7.06. The Morgan fingerprint density at radius 3 is 1.60 bits per heavy atom. The fraction of sp³-hybridized carbons (Fsp3) is 0.146. The molecule has 252 valence electrons.